The number of hydrogen-bond acceptors (Lipinski definition) is 2. The van der Waals surface area contributed by atoms with Crippen LogP contribution < -0.4 is 5.32 Å². The number of nitrogens with one attached hydrogen (secondary N) is 1. The maximum atomic E-state index is 3.68. The highest BCUT2D eigenvalue weighted by molar-refractivity contribution is 5.20. The summed E-state index contributed by atoms with van der Waals surface area (Å²) in [7, 11) is 0. The number of benzene rings is 1. The van der Waals surface area contributed by atoms with E-state index in [1.165, 1.54) is 50.8 Å². The molecule has 1 saturated heterocycles. The van der Waals surface area contributed by atoms with Crippen molar-refractivity contribution in [3.05, 3.63) is 35.9 Å². The largest absolute Gasteiger partial charge is 0.308 e. The fourth-order valence-electron chi connectivity index (χ4n) is 3.78. The maximum Gasteiger partial charge on any atom is 0.0449 e. The molecular formula is C17H26N2. The molecule has 1 N–H and O–H groups in total. The van der Waals surface area contributed by atoms with Gasteiger partial charge in [0.25, 0.3) is 0 Å². The second-order valence-corrected chi connectivity index (χ2v) is 6.42. The van der Waals surface area contributed by atoms with Crippen LogP contribution in [-0.4, -0.2) is 30.1 Å². The summed E-state index contributed by atoms with van der Waals surface area (Å²) in [6, 6.07) is 11.4. The van der Waals surface area contributed by atoms with Crippen molar-refractivity contribution in [1.29, 1.82) is 0 Å². The van der Waals surface area contributed by atoms with Crippen LogP contribution in [-0.2, 0) is 0 Å². The van der Waals surface area contributed by atoms with Gasteiger partial charge in [-0.2, -0.15) is 0 Å². The number of piperazine rings is 1. The van der Waals surface area contributed by atoms with Crippen LogP contribution in [0.4, 0.5) is 0 Å². The summed E-state index contributed by atoms with van der Waals surface area (Å²) >= 11 is 0. The van der Waals surface area contributed by atoms with Gasteiger partial charge in [0.05, 0.1) is 0 Å². The fourth-order valence-corrected chi connectivity index (χ4v) is 3.78. The van der Waals surface area contributed by atoms with Crippen molar-refractivity contribution in [2.75, 3.05) is 19.6 Å². The van der Waals surface area contributed by atoms with Gasteiger partial charge in [-0.15, -0.1) is 0 Å². The lowest BCUT2D eigenvalue weighted by atomic mass is 9.81. The highest BCUT2D eigenvalue weighted by Crippen LogP contribution is 2.35. The molecule has 3 rings (SSSR count). The highest BCUT2D eigenvalue weighted by Gasteiger charge is 2.36. The van der Waals surface area contributed by atoms with Gasteiger partial charge in [0.15, 0.2) is 0 Å². The van der Waals surface area contributed by atoms with Crippen molar-refractivity contribution in [1.82, 2.24) is 10.2 Å². The van der Waals surface area contributed by atoms with Crippen LogP contribution in [0, 0.1) is 0 Å². The van der Waals surface area contributed by atoms with E-state index in [-0.39, 0.29) is 0 Å². The van der Waals surface area contributed by atoms with Gasteiger partial charge < -0.3 is 5.32 Å². The van der Waals surface area contributed by atoms with Gasteiger partial charge >= 0.3 is 0 Å². The van der Waals surface area contributed by atoms with Crippen molar-refractivity contribution < 1.29 is 0 Å². The van der Waals surface area contributed by atoms with Gasteiger partial charge in [-0.05, 0) is 25.3 Å². The van der Waals surface area contributed by atoms with E-state index in [1.54, 1.807) is 0 Å². The second kappa shape index (κ2) is 5.64. The molecule has 0 radical (unpaired) electrons. The van der Waals surface area contributed by atoms with Crippen molar-refractivity contribution in [2.45, 2.75) is 50.6 Å². The van der Waals surface area contributed by atoms with E-state index in [1.807, 2.05) is 0 Å². The molecule has 2 aliphatic rings. The van der Waals surface area contributed by atoms with E-state index < -0.39 is 0 Å². The molecule has 0 aromatic heterocycles. The topological polar surface area (TPSA) is 15.3 Å². The maximum absolute atomic E-state index is 3.68. The molecule has 0 bridgehead atoms. The summed E-state index contributed by atoms with van der Waals surface area (Å²) in [5.41, 5.74) is 1.89. The second-order valence-electron chi connectivity index (χ2n) is 6.42. The van der Waals surface area contributed by atoms with Crippen LogP contribution >= 0.6 is 0 Å². The molecule has 0 spiro atoms. The van der Waals surface area contributed by atoms with Gasteiger partial charge in [0, 0.05) is 31.2 Å². The molecule has 1 aliphatic heterocycles. The molecule has 1 aromatic rings. The zero-order chi connectivity index (χ0) is 13.1. The summed E-state index contributed by atoms with van der Waals surface area (Å²) in [5, 5.41) is 3.68. The summed E-state index contributed by atoms with van der Waals surface area (Å²) < 4.78 is 0. The number of hydrogen-bond donors (Lipinski definition) is 1. The third-order valence-electron chi connectivity index (χ3n) is 5.07. The van der Waals surface area contributed by atoms with E-state index in [2.05, 4.69) is 47.5 Å². The quantitative estimate of drug-likeness (QED) is 0.875. The molecule has 19 heavy (non-hydrogen) atoms. The average molecular weight is 258 g/mol. The molecule has 1 atom stereocenters. The monoisotopic (exact) mass is 258 g/mol. The number of rotatable bonds is 2. The van der Waals surface area contributed by atoms with Gasteiger partial charge in [-0.25, -0.2) is 0 Å². The summed E-state index contributed by atoms with van der Waals surface area (Å²) in [5.74, 6) is 0. The van der Waals surface area contributed by atoms with E-state index in [9.17, 15) is 0 Å². The molecule has 0 amide bonds. The predicted octanol–water partition coefficient (Wildman–Crippen LogP) is 3.36. The van der Waals surface area contributed by atoms with Gasteiger partial charge in [0.2, 0.25) is 0 Å². The SMILES string of the molecule is CC1(N2CCNC(c3ccccc3)C2)CCCCC1. The molecular weight excluding hydrogens is 232 g/mol. The molecule has 2 fully saturated rings. The van der Waals surface area contributed by atoms with E-state index in [4.69, 9.17) is 0 Å². The highest BCUT2D eigenvalue weighted by atomic mass is 15.3. The zero-order valence-electron chi connectivity index (χ0n) is 12.1. The lowest BCUT2D eigenvalue weighted by Gasteiger charge is -2.48. The fraction of sp³-hybridized carbons (Fsp3) is 0.647. The Balaban J connectivity index is 1.71. The molecule has 1 saturated carbocycles. The first-order chi connectivity index (χ1) is 9.28. The van der Waals surface area contributed by atoms with E-state index >= 15 is 0 Å². The smallest absolute Gasteiger partial charge is 0.0449 e. The molecule has 1 heterocycles. The molecule has 2 nitrogen and oxygen atoms in total. The molecule has 1 aliphatic carbocycles. The summed E-state index contributed by atoms with van der Waals surface area (Å²) in [6.07, 6.45) is 7.03. The van der Waals surface area contributed by atoms with Crippen LogP contribution in [0.5, 0.6) is 0 Å². The van der Waals surface area contributed by atoms with E-state index in [0.29, 0.717) is 11.6 Å². The standard InChI is InChI=1S/C17H26N2/c1-17(10-6-3-7-11-17)19-13-12-18-16(14-19)15-8-4-2-5-9-15/h2,4-5,8-9,16,18H,3,6-7,10-14H2,1H3. The molecule has 1 unspecified atom stereocenters. The third kappa shape index (κ3) is 2.85. The summed E-state index contributed by atoms with van der Waals surface area (Å²) in [6.45, 7) is 5.98. The Morgan fingerprint density at radius 1 is 1.11 bits per heavy atom. The molecule has 1 aromatic carbocycles. The summed E-state index contributed by atoms with van der Waals surface area (Å²) in [4.78, 5) is 2.75. The Kier molecular flexibility index (Phi) is 3.90. The van der Waals surface area contributed by atoms with Crippen molar-refractivity contribution in [2.24, 2.45) is 0 Å². The normalized spacial score (nSPS) is 28.2. The van der Waals surface area contributed by atoms with E-state index in [0.717, 1.165) is 6.54 Å². The predicted molar refractivity (Wildman–Crippen MR) is 80.2 cm³/mol. The minimum absolute atomic E-state index is 0.452. The van der Waals surface area contributed by atoms with Gasteiger partial charge in [-0.1, -0.05) is 49.6 Å². The van der Waals surface area contributed by atoms with Crippen LogP contribution in [0.3, 0.4) is 0 Å². The van der Waals surface area contributed by atoms with Crippen LogP contribution in [0.1, 0.15) is 50.6 Å². The van der Waals surface area contributed by atoms with Crippen molar-refractivity contribution >= 4 is 0 Å². The minimum Gasteiger partial charge on any atom is -0.308 e. The first-order valence-corrected chi connectivity index (χ1v) is 7.81. The Morgan fingerprint density at radius 3 is 2.58 bits per heavy atom. The minimum atomic E-state index is 0.452. The van der Waals surface area contributed by atoms with Crippen LogP contribution in [0.25, 0.3) is 0 Å². The first-order valence-electron chi connectivity index (χ1n) is 7.81. The van der Waals surface area contributed by atoms with Crippen LogP contribution in [0.2, 0.25) is 0 Å². The Bertz CT molecular complexity index is 395. The Hall–Kier alpha value is -0.860. The van der Waals surface area contributed by atoms with Gasteiger partial charge in [-0.3, -0.25) is 4.90 Å². The zero-order valence-corrected chi connectivity index (χ0v) is 12.1. The Morgan fingerprint density at radius 2 is 1.84 bits per heavy atom. The number of nitrogens with zero attached hydrogens (tertiary/aromatic N) is 1. The average Bonchev–Trinajstić information content (AvgIpc) is 2.49. The lowest BCUT2D eigenvalue weighted by molar-refractivity contribution is 0.0392. The molecule has 2 heteroatoms. The Labute approximate surface area is 117 Å². The molecule has 104 valence electrons. The third-order valence-corrected chi connectivity index (χ3v) is 5.07. The first kappa shape index (κ1) is 13.1. The lowest BCUT2D eigenvalue weighted by Crippen LogP contribution is -2.56. The van der Waals surface area contributed by atoms with Crippen LogP contribution in [0.15, 0.2) is 30.3 Å². The van der Waals surface area contributed by atoms with Gasteiger partial charge in [0.1, 0.15) is 0 Å². The van der Waals surface area contributed by atoms with Crippen molar-refractivity contribution in [3.8, 4) is 0 Å². The van der Waals surface area contributed by atoms with Crippen molar-refractivity contribution in [3.63, 3.8) is 0 Å².